The Bertz CT molecular complexity index is 673. The second kappa shape index (κ2) is 5.46. The highest BCUT2D eigenvalue weighted by Gasteiger charge is 2.38. The van der Waals surface area contributed by atoms with Gasteiger partial charge >= 0.3 is 6.09 Å². The van der Waals surface area contributed by atoms with Gasteiger partial charge in [0.2, 0.25) is 0 Å². The molecule has 0 radical (unpaired) electrons. The van der Waals surface area contributed by atoms with Crippen molar-refractivity contribution < 1.29 is 15.0 Å². The molecule has 3 rings (SSSR count). The smallest absolute Gasteiger partial charge is 0.407 e. The summed E-state index contributed by atoms with van der Waals surface area (Å²) < 4.78 is 1.83. The number of aliphatic hydroxyl groups is 1. The lowest BCUT2D eigenvalue weighted by Crippen LogP contribution is -2.45. The molecule has 2 heterocycles. The third-order valence-corrected chi connectivity index (χ3v) is 4.22. The number of carboxylic acid groups (broad SMARTS) is 1. The fraction of sp³-hybridized carbons (Fsp3) is 0.375. The number of amides is 1. The van der Waals surface area contributed by atoms with Crippen LogP contribution in [0.1, 0.15) is 18.7 Å². The van der Waals surface area contributed by atoms with E-state index in [0.717, 1.165) is 11.3 Å². The Kier molecular flexibility index (Phi) is 3.62. The molecule has 2 aromatic rings. The van der Waals surface area contributed by atoms with E-state index in [1.54, 1.807) is 0 Å². The monoisotopic (exact) mass is 301 g/mol. The molecule has 0 unspecified atom stereocenters. The van der Waals surface area contributed by atoms with Crippen LogP contribution in [0.25, 0.3) is 11.3 Å². The van der Waals surface area contributed by atoms with Crippen molar-refractivity contribution in [3.63, 3.8) is 0 Å². The molecular formula is C16H19N3O3. The topological polar surface area (TPSA) is 78.6 Å². The standard InChI is InChI=1S/C16H19N3O3/c1-18-11-13(12-5-3-2-4-6-12)17-14(18)16(22)7-9-19(10-8-16)15(20)21/h2-6,11,22H,7-10H2,1H3,(H,20,21). The van der Waals surface area contributed by atoms with Crippen LogP contribution in [0.4, 0.5) is 4.79 Å². The highest BCUT2D eigenvalue weighted by Crippen LogP contribution is 2.33. The Hall–Kier alpha value is -2.34. The number of carbonyl (C=O) groups is 1. The molecule has 0 aliphatic carbocycles. The van der Waals surface area contributed by atoms with Crippen LogP contribution >= 0.6 is 0 Å². The Morgan fingerprint density at radius 2 is 1.86 bits per heavy atom. The normalized spacial score (nSPS) is 17.5. The van der Waals surface area contributed by atoms with Crippen molar-refractivity contribution in [3.05, 3.63) is 42.4 Å². The maximum Gasteiger partial charge on any atom is 0.407 e. The molecule has 6 nitrogen and oxygen atoms in total. The summed E-state index contributed by atoms with van der Waals surface area (Å²) in [7, 11) is 1.86. The zero-order chi connectivity index (χ0) is 15.7. The van der Waals surface area contributed by atoms with Crippen molar-refractivity contribution in [2.75, 3.05) is 13.1 Å². The van der Waals surface area contributed by atoms with Crippen molar-refractivity contribution >= 4 is 6.09 Å². The minimum atomic E-state index is -1.08. The van der Waals surface area contributed by atoms with Crippen molar-refractivity contribution in [3.8, 4) is 11.3 Å². The molecule has 2 N–H and O–H groups in total. The van der Waals surface area contributed by atoms with Crippen LogP contribution in [0.15, 0.2) is 36.5 Å². The number of aryl methyl sites for hydroxylation is 1. The predicted molar refractivity (Wildman–Crippen MR) is 81.4 cm³/mol. The third-order valence-electron chi connectivity index (χ3n) is 4.22. The molecule has 22 heavy (non-hydrogen) atoms. The Labute approximate surface area is 128 Å². The van der Waals surface area contributed by atoms with E-state index >= 15 is 0 Å². The quantitative estimate of drug-likeness (QED) is 0.890. The van der Waals surface area contributed by atoms with Gasteiger partial charge in [-0.3, -0.25) is 0 Å². The van der Waals surface area contributed by atoms with Crippen LogP contribution in [-0.2, 0) is 12.6 Å². The van der Waals surface area contributed by atoms with E-state index in [-0.39, 0.29) is 0 Å². The third kappa shape index (κ3) is 2.57. The molecule has 1 amide bonds. The molecule has 0 saturated carbocycles. The molecule has 1 saturated heterocycles. The molecule has 1 aromatic heterocycles. The fourth-order valence-electron chi connectivity index (χ4n) is 2.94. The number of nitrogens with zero attached hydrogens (tertiary/aromatic N) is 3. The van der Waals surface area contributed by atoms with Gasteiger partial charge in [0.25, 0.3) is 0 Å². The number of hydrogen-bond acceptors (Lipinski definition) is 3. The maximum atomic E-state index is 11.0. The summed E-state index contributed by atoms with van der Waals surface area (Å²) in [4.78, 5) is 16.9. The second-order valence-electron chi connectivity index (χ2n) is 5.73. The zero-order valence-corrected chi connectivity index (χ0v) is 12.4. The van der Waals surface area contributed by atoms with Gasteiger partial charge in [0, 0.05) is 44.7 Å². The van der Waals surface area contributed by atoms with E-state index in [2.05, 4.69) is 4.98 Å². The number of benzene rings is 1. The number of rotatable bonds is 2. The lowest BCUT2D eigenvalue weighted by atomic mass is 9.90. The van der Waals surface area contributed by atoms with E-state index in [9.17, 15) is 9.90 Å². The van der Waals surface area contributed by atoms with Gasteiger partial charge in [-0.15, -0.1) is 0 Å². The van der Waals surface area contributed by atoms with Gasteiger partial charge in [-0.25, -0.2) is 9.78 Å². The number of likely N-dealkylation sites (tertiary alicyclic amines) is 1. The molecule has 116 valence electrons. The lowest BCUT2D eigenvalue weighted by molar-refractivity contribution is -0.0302. The van der Waals surface area contributed by atoms with Gasteiger partial charge in [0.1, 0.15) is 11.4 Å². The number of imidazole rings is 1. The highest BCUT2D eigenvalue weighted by atomic mass is 16.4. The average molecular weight is 301 g/mol. The SMILES string of the molecule is Cn1cc(-c2ccccc2)nc1C1(O)CCN(C(=O)O)CC1. The van der Waals surface area contributed by atoms with E-state index in [1.807, 2.05) is 48.1 Å². The van der Waals surface area contributed by atoms with Crippen molar-refractivity contribution in [1.29, 1.82) is 0 Å². The van der Waals surface area contributed by atoms with Crippen LogP contribution in [-0.4, -0.2) is 43.8 Å². The first-order chi connectivity index (χ1) is 10.5. The van der Waals surface area contributed by atoms with Gasteiger partial charge in [-0.1, -0.05) is 30.3 Å². The number of hydrogen-bond donors (Lipinski definition) is 2. The summed E-state index contributed by atoms with van der Waals surface area (Å²) in [6, 6.07) is 9.79. The first-order valence-corrected chi connectivity index (χ1v) is 7.29. The first kappa shape index (κ1) is 14.6. The van der Waals surface area contributed by atoms with Gasteiger partial charge in [-0.2, -0.15) is 0 Å². The number of aromatic nitrogens is 2. The van der Waals surface area contributed by atoms with Crippen LogP contribution < -0.4 is 0 Å². The van der Waals surface area contributed by atoms with Crippen LogP contribution in [0.3, 0.4) is 0 Å². The first-order valence-electron chi connectivity index (χ1n) is 7.29. The summed E-state index contributed by atoms with van der Waals surface area (Å²) >= 11 is 0. The van der Waals surface area contributed by atoms with Gasteiger partial charge in [-0.05, 0) is 0 Å². The summed E-state index contributed by atoms with van der Waals surface area (Å²) in [6.45, 7) is 0.638. The molecule has 1 fully saturated rings. The maximum absolute atomic E-state index is 11.0. The van der Waals surface area contributed by atoms with E-state index in [0.29, 0.717) is 31.8 Å². The van der Waals surface area contributed by atoms with Crippen molar-refractivity contribution in [2.24, 2.45) is 7.05 Å². The molecule has 1 aromatic carbocycles. The van der Waals surface area contributed by atoms with Gasteiger partial charge < -0.3 is 19.7 Å². The molecule has 6 heteroatoms. The Morgan fingerprint density at radius 1 is 1.23 bits per heavy atom. The van der Waals surface area contributed by atoms with Gasteiger partial charge in [0.05, 0.1) is 5.69 Å². The summed E-state index contributed by atoms with van der Waals surface area (Å²) in [5.74, 6) is 0.594. The van der Waals surface area contributed by atoms with E-state index in [4.69, 9.17) is 5.11 Å². The average Bonchev–Trinajstić information content (AvgIpc) is 2.91. The summed E-state index contributed by atoms with van der Waals surface area (Å²) in [6.07, 6.45) is 1.68. The summed E-state index contributed by atoms with van der Waals surface area (Å²) in [5, 5.41) is 19.9. The largest absolute Gasteiger partial charge is 0.465 e. The van der Waals surface area contributed by atoms with Crippen molar-refractivity contribution in [1.82, 2.24) is 14.5 Å². The van der Waals surface area contributed by atoms with Crippen LogP contribution in [0.2, 0.25) is 0 Å². The predicted octanol–water partition coefficient (Wildman–Crippen LogP) is 2.05. The highest BCUT2D eigenvalue weighted by molar-refractivity contribution is 5.65. The lowest BCUT2D eigenvalue weighted by Gasteiger charge is -2.36. The van der Waals surface area contributed by atoms with E-state index in [1.165, 1.54) is 4.90 Å². The van der Waals surface area contributed by atoms with Gasteiger partial charge in [0.15, 0.2) is 0 Å². The Balaban J connectivity index is 1.86. The Morgan fingerprint density at radius 3 is 2.45 bits per heavy atom. The molecule has 0 atom stereocenters. The molecular weight excluding hydrogens is 282 g/mol. The summed E-state index contributed by atoms with van der Waals surface area (Å²) in [5.41, 5.74) is 0.733. The van der Waals surface area contributed by atoms with Crippen LogP contribution in [0, 0.1) is 0 Å². The van der Waals surface area contributed by atoms with Crippen LogP contribution in [0.5, 0.6) is 0 Å². The minimum Gasteiger partial charge on any atom is -0.465 e. The fourth-order valence-corrected chi connectivity index (χ4v) is 2.94. The second-order valence-corrected chi connectivity index (χ2v) is 5.73. The molecule has 1 aliphatic rings. The van der Waals surface area contributed by atoms with E-state index < -0.39 is 11.7 Å². The molecule has 0 spiro atoms. The van der Waals surface area contributed by atoms with Crippen molar-refractivity contribution in [2.45, 2.75) is 18.4 Å². The number of piperidine rings is 1. The zero-order valence-electron chi connectivity index (χ0n) is 12.4. The minimum absolute atomic E-state index is 0.319. The molecule has 0 bridgehead atoms. The molecule has 1 aliphatic heterocycles.